The van der Waals surface area contributed by atoms with Gasteiger partial charge >= 0.3 is 12.4 Å². The highest BCUT2D eigenvalue weighted by molar-refractivity contribution is 6.21. The molecule has 0 saturated carbocycles. The Morgan fingerprint density at radius 1 is 0.384 bits per heavy atom. The van der Waals surface area contributed by atoms with Crippen LogP contribution in [0.1, 0.15) is 39.9 Å². The lowest BCUT2D eigenvalue weighted by Crippen LogP contribution is -2.54. The lowest BCUT2D eigenvalue weighted by Gasteiger charge is -2.38. The molecule has 14 heteroatoms. The van der Waals surface area contributed by atoms with E-state index in [0.29, 0.717) is 28.1 Å². The summed E-state index contributed by atoms with van der Waals surface area (Å²) >= 11 is 0. The monoisotopic (exact) mass is 1140 g/mol. The van der Waals surface area contributed by atoms with Crippen molar-refractivity contribution in [1.82, 2.24) is 38.2 Å². The van der Waals surface area contributed by atoms with Crippen LogP contribution in [-0.4, -0.2) is 50.6 Å². The van der Waals surface area contributed by atoms with Crippen molar-refractivity contribution in [1.29, 1.82) is 0 Å². The Labute approximate surface area is 486 Å². The molecule has 8 heterocycles. The average Bonchev–Trinajstić information content (AvgIpc) is 1.24. The number of fused-ring (bicyclic) bond motifs is 12. The summed E-state index contributed by atoms with van der Waals surface area (Å²) in [4.78, 5) is 18.4. The van der Waals surface area contributed by atoms with Crippen LogP contribution in [0.2, 0.25) is 0 Å². The molecule has 16 rings (SSSR count). The van der Waals surface area contributed by atoms with E-state index < -0.39 is 28.9 Å². The Bertz CT molecular complexity index is 5150. The van der Waals surface area contributed by atoms with Gasteiger partial charge in [0.05, 0.1) is 56.7 Å². The molecule has 416 valence electrons. The fraction of sp³-hybridized carbons (Fsp3) is 0.0833. The van der Waals surface area contributed by atoms with Crippen LogP contribution in [0.3, 0.4) is 0 Å². The Morgan fingerprint density at radius 2 is 0.849 bits per heavy atom. The van der Waals surface area contributed by atoms with E-state index in [1.165, 1.54) is 35.2 Å². The first-order valence-electron chi connectivity index (χ1n) is 28.2. The highest BCUT2D eigenvalue weighted by Gasteiger charge is 2.72. The number of pyridine rings is 4. The molecule has 0 radical (unpaired) electrons. The summed E-state index contributed by atoms with van der Waals surface area (Å²) in [5, 5.41) is 6.68. The molecule has 0 unspecified atom stereocenters. The molecule has 0 aliphatic heterocycles. The van der Waals surface area contributed by atoms with E-state index >= 15 is 26.3 Å². The van der Waals surface area contributed by atoms with E-state index in [2.05, 4.69) is 109 Å². The zero-order chi connectivity index (χ0) is 58.1. The topological polar surface area (TPSA) is 71.3 Å². The second-order valence-corrected chi connectivity index (χ2v) is 22.0. The number of benzene rings is 7. The third-order valence-corrected chi connectivity index (χ3v) is 17.4. The van der Waals surface area contributed by atoms with Gasteiger partial charge < -0.3 is 18.3 Å². The molecule has 0 spiro atoms. The number of allylic oxidation sites excluding steroid dienone is 1. The van der Waals surface area contributed by atoms with Gasteiger partial charge in [-0.15, -0.1) is 0 Å². The van der Waals surface area contributed by atoms with Gasteiger partial charge in [0.15, 0.2) is 0 Å². The first-order valence-corrected chi connectivity index (χ1v) is 28.2. The number of para-hydroxylation sites is 2. The minimum atomic E-state index is -5.79. The minimum Gasteiger partial charge on any atom is -0.309 e. The molecule has 0 fully saturated rings. The molecule has 0 bridgehead atoms. The lowest BCUT2D eigenvalue weighted by molar-refractivity contribution is -0.288. The Morgan fingerprint density at radius 3 is 1.50 bits per heavy atom. The molecule has 0 saturated heterocycles. The van der Waals surface area contributed by atoms with E-state index in [1.807, 2.05) is 88.4 Å². The third-order valence-electron chi connectivity index (χ3n) is 17.4. The standard InChI is InChI=1S/C72H46F6N8/c73-71(74,75)70(72(76,77)78,46-20-28-50(29-21-46)83-60-13-5-2-9-53(60)58-41-79-38-34-62(58)83)47-22-30-51(31-23-47)84-61-14-6-3-10-55(61)68-64(84)35-39-82-69(68)57-11-7-15-63-67(57)56-33-37-81-43-66(56)86(63)49-26-18-45(19-27-49)40-44-16-24-48(25-17-44)85-59-12-4-1-8-52(59)54-32-36-80-42-65(54)85/h1,3-8,10-39,41-43H,2,9,40H2. The summed E-state index contributed by atoms with van der Waals surface area (Å²) in [7, 11) is 0. The Kier molecular flexibility index (Phi) is 11.4. The number of halogens is 6. The highest BCUT2D eigenvalue weighted by atomic mass is 19.4. The summed E-state index contributed by atoms with van der Waals surface area (Å²) in [6, 6.07) is 56.2. The molecule has 0 N–H and O–H groups in total. The Hall–Kier alpha value is -10.6. The van der Waals surface area contributed by atoms with Crippen LogP contribution < -0.4 is 0 Å². The molecule has 8 aromatic heterocycles. The van der Waals surface area contributed by atoms with Gasteiger partial charge in [0.25, 0.3) is 0 Å². The molecule has 0 atom stereocenters. The first-order chi connectivity index (χ1) is 42.0. The number of aryl methyl sites for hydroxylation is 1. The maximum atomic E-state index is 15.8. The van der Waals surface area contributed by atoms with Crippen LogP contribution in [0.15, 0.2) is 238 Å². The molecule has 7 aromatic carbocycles. The van der Waals surface area contributed by atoms with Crippen molar-refractivity contribution >= 4 is 82.4 Å². The second kappa shape index (κ2) is 19.2. The molecule has 1 aliphatic rings. The minimum absolute atomic E-state index is 0.371. The fourth-order valence-electron chi connectivity index (χ4n) is 13.7. The van der Waals surface area contributed by atoms with Crippen LogP contribution >= 0.6 is 0 Å². The summed E-state index contributed by atoms with van der Waals surface area (Å²) in [6.45, 7) is 0. The number of aromatic nitrogens is 8. The molecule has 8 nitrogen and oxygen atoms in total. The van der Waals surface area contributed by atoms with Crippen LogP contribution in [-0.2, 0) is 18.3 Å². The largest absolute Gasteiger partial charge is 0.411 e. The summed E-state index contributed by atoms with van der Waals surface area (Å²) in [6.07, 6.45) is 7.05. The van der Waals surface area contributed by atoms with Gasteiger partial charge in [0.2, 0.25) is 5.41 Å². The van der Waals surface area contributed by atoms with Crippen molar-refractivity contribution in [3.63, 3.8) is 0 Å². The fourth-order valence-corrected chi connectivity index (χ4v) is 13.7. The van der Waals surface area contributed by atoms with Crippen LogP contribution in [0.25, 0.3) is 116 Å². The van der Waals surface area contributed by atoms with Gasteiger partial charge in [-0.1, -0.05) is 103 Å². The van der Waals surface area contributed by atoms with Gasteiger partial charge in [-0.05, 0) is 144 Å². The Balaban J connectivity index is 0.754. The third kappa shape index (κ3) is 7.57. The van der Waals surface area contributed by atoms with E-state index in [4.69, 9.17) is 4.98 Å². The maximum Gasteiger partial charge on any atom is 0.411 e. The zero-order valence-electron chi connectivity index (χ0n) is 45.6. The zero-order valence-corrected chi connectivity index (χ0v) is 45.6. The van der Waals surface area contributed by atoms with Crippen LogP contribution in [0, 0.1) is 0 Å². The number of alkyl halides is 6. The van der Waals surface area contributed by atoms with E-state index in [1.54, 1.807) is 30.9 Å². The smallest absolute Gasteiger partial charge is 0.309 e. The van der Waals surface area contributed by atoms with Crippen molar-refractivity contribution in [3.05, 3.63) is 271 Å². The summed E-state index contributed by atoms with van der Waals surface area (Å²) in [5.41, 5.74) is 8.31. The number of rotatable bonds is 9. The highest BCUT2D eigenvalue weighted by Crippen LogP contribution is 2.57. The number of nitrogens with zero attached hydrogens (tertiary/aromatic N) is 8. The average molecular weight is 1140 g/mol. The van der Waals surface area contributed by atoms with E-state index in [0.717, 1.165) is 137 Å². The number of hydrogen-bond acceptors (Lipinski definition) is 4. The molecule has 86 heavy (non-hydrogen) atoms. The van der Waals surface area contributed by atoms with Crippen molar-refractivity contribution in [2.45, 2.75) is 37.0 Å². The van der Waals surface area contributed by atoms with E-state index in [9.17, 15) is 0 Å². The summed E-state index contributed by atoms with van der Waals surface area (Å²) < 4.78 is 103. The molecule has 15 aromatic rings. The number of hydrogen-bond donors (Lipinski definition) is 0. The van der Waals surface area contributed by atoms with Gasteiger partial charge in [-0.3, -0.25) is 19.9 Å². The lowest BCUT2D eigenvalue weighted by atomic mass is 9.73. The predicted molar refractivity (Wildman–Crippen MR) is 329 cm³/mol. The van der Waals surface area contributed by atoms with Crippen molar-refractivity contribution in [3.8, 4) is 34.0 Å². The van der Waals surface area contributed by atoms with Crippen molar-refractivity contribution in [2.75, 3.05) is 0 Å². The van der Waals surface area contributed by atoms with Gasteiger partial charge in [0, 0.05) is 103 Å². The predicted octanol–water partition coefficient (Wildman–Crippen LogP) is 18.1. The normalized spacial score (nSPS) is 13.1. The molecule has 1 aliphatic carbocycles. The van der Waals surface area contributed by atoms with E-state index in [-0.39, 0.29) is 0 Å². The SMILES string of the molecule is FC(F)(F)C(c1ccc(-n2c3c(c4cnccc42)CCC=C3)cc1)(c1ccc(-n2c3ccccc3c3c(-c4cccc5c4c4ccncc4n5-c4ccc(Cc5ccc(-n6c7ccccc7c7ccncc76)cc5)cc4)nccc32)cc1)C(F)(F)F. The van der Waals surface area contributed by atoms with Crippen LogP contribution in [0.4, 0.5) is 26.3 Å². The molecular weight excluding hydrogens is 1090 g/mol. The molecular formula is C72H46F6N8. The van der Waals surface area contributed by atoms with Gasteiger partial charge in [0.1, 0.15) is 0 Å². The second-order valence-electron chi connectivity index (χ2n) is 22.0. The van der Waals surface area contributed by atoms with Gasteiger partial charge in [-0.2, -0.15) is 26.3 Å². The van der Waals surface area contributed by atoms with Crippen molar-refractivity contribution in [2.24, 2.45) is 0 Å². The van der Waals surface area contributed by atoms with Crippen molar-refractivity contribution < 1.29 is 26.3 Å². The maximum absolute atomic E-state index is 15.8. The quantitative estimate of drug-likeness (QED) is 0.135. The summed E-state index contributed by atoms with van der Waals surface area (Å²) in [5.74, 6) is 0. The molecule has 0 amide bonds. The van der Waals surface area contributed by atoms with Crippen LogP contribution in [0.5, 0.6) is 0 Å². The van der Waals surface area contributed by atoms with Gasteiger partial charge in [-0.25, -0.2) is 0 Å². The first kappa shape index (κ1) is 51.1.